The Bertz CT molecular complexity index is 793. The molecule has 108 valence electrons. The lowest BCUT2D eigenvalue weighted by Gasteiger charge is -2.12. The fraction of sp³-hybridized carbons (Fsp3) is 0.143. The molecule has 0 aliphatic heterocycles. The summed E-state index contributed by atoms with van der Waals surface area (Å²) in [5.41, 5.74) is 1.77. The van der Waals surface area contributed by atoms with Gasteiger partial charge in [-0.25, -0.2) is 14.4 Å². The van der Waals surface area contributed by atoms with E-state index in [2.05, 4.69) is 9.97 Å². The number of halogens is 4. The van der Waals surface area contributed by atoms with Crippen LogP contribution < -0.4 is 0 Å². The van der Waals surface area contributed by atoms with Gasteiger partial charge in [-0.1, -0.05) is 23.2 Å². The maximum atomic E-state index is 13.4. The van der Waals surface area contributed by atoms with Crippen molar-refractivity contribution in [2.75, 3.05) is 5.88 Å². The summed E-state index contributed by atoms with van der Waals surface area (Å²) in [4.78, 5) is 8.80. The summed E-state index contributed by atoms with van der Waals surface area (Å²) >= 11 is 18.2. The first-order chi connectivity index (χ1) is 10.1. The van der Waals surface area contributed by atoms with Gasteiger partial charge in [0.1, 0.15) is 17.2 Å². The highest BCUT2D eigenvalue weighted by Gasteiger charge is 2.18. The number of hydrogen-bond acceptors (Lipinski definition) is 2. The minimum Gasteiger partial charge on any atom is -0.278 e. The number of aromatic nitrogens is 3. The van der Waals surface area contributed by atoms with Crippen LogP contribution in [-0.2, 0) is 6.42 Å². The molecular formula is C14H9Cl3FN3. The van der Waals surface area contributed by atoms with Crippen LogP contribution in [0.4, 0.5) is 4.39 Å². The van der Waals surface area contributed by atoms with Crippen LogP contribution in [0.3, 0.4) is 0 Å². The summed E-state index contributed by atoms with van der Waals surface area (Å²) in [5, 5.41) is 0.390. The first-order valence-corrected chi connectivity index (χ1v) is 7.44. The van der Waals surface area contributed by atoms with Crippen LogP contribution in [0, 0.1) is 5.82 Å². The molecule has 0 fully saturated rings. The molecule has 0 atom stereocenters. The van der Waals surface area contributed by atoms with Gasteiger partial charge in [0.2, 0.25) is 0 Å². The summed E-state index contributed by atoms with van der Waals surface area (Å²) in [7, 11) is 0. The van der Waals surface area contributed by atoms with Crippen LogP contribution in [-0.4, -0.2) is 20.4 Å². The molecule has 2 heterocycles. The minimum atomic E-state index is -0.495. The van der Waals surface area contributed by atoms with E-state index in [1.807, 2.05) is 6.07 Å². The molecule has 21 heavy (non-hydrogen) atoms. The Hall–Kier alpha value is -1.36. The number of pyridine rings is 1. The largest absolute Gasteiger partial charge is 0.278 e. The number of imidazole rings is 1. The highest BCUT2D eigenvalue weighted by Crippen LogP contribution is 2.33. The fourth-order valence-corrected chi connectivity index (χ4v) is 2.99. The summed E-state index contributed by atoms with van der Waals surface area (Å²) in [5.74, 6) is 0.568. The maximum Gasteiger partial charge on any atom is 0.164 e. The van der Waals surface area contributed by atoms with Gasteiger partial charge in [0.25, 0.3) is 0 Å². The molecule has 3 aromatic rings. The Morgan fingerprint density at radius 1 is 1.19 bits per heavy atom. The van der Waals surface area contributed by atoms with Gasteiger partial charge in [0.05, 0.1) is 15.7 Å². The number of rotatable bonds is 3. The van der Waals surface area contributed by atoms with Crippen molar-refractivity contribution in [1.29, 1.82) is 0 Å². The Balaban J connectivity index is 2.36. The molecule has 0 aliphatic carbocycles. The lowest BCUT2D eigenvalue weighted by Crippen LogP contribution is -2.05. The molecule has 0 saturated carbocycles. The number of nitrogens with zero attached hydrogens (tertiary/aromatic N) is 3. The van der Waals surface area contributed by atoms with Gasteiger partial charge >= 0.3 is 0 Å². The monoisotopic (exact) mass is 343 g/mol. The molecule has 0 spiro atoms. The molecule has 0 amide bonds. The molecule has 1 aromatic carbocycles. The van der Waals surface area contributed by atoms with Crippen molar-refractivity contribution in [3.8, 4) is 5.69 Å². The molecule has 0 bridgehead atoms. The number of benzene rings is 1. The zero-order valence-corrected chi connectivity index (χ0v) is 12.9. The summed E-state index contributed by atoms with van der Waals surface area (Å²) in [6.45, 7) is 0. The van der Waals surface area contributed by atoms with E-state index in [9.17, 15) is 4.39 Å². The predicted molar refractivity (Wildman–Crippen MR) is 83.3 cm³/mol. The van der Waals surface area contributed by atoms with E-state index in [0.717, 1.165) is 0 Å². The summed E-state index contributed by atoms with van der Waals surface area (Å²) in [6, 6.07) is 6.05. The van der Waals surface area contributed by atoms with E-state index in [1.54, 1.807) is 16.8 Å². The molecule has 3 nitrogen and oxygen atoms in total. The Labute approximate surface area is 135 Å². The van der Waals surface area contributed by atoms with Crippen molar-refractivity contribution in [3.63, 3.8) is 0 Å². The standard InChI is InChI=1S/C14H9Cl3FN3/c15-4-3-12-20-11-2-1-5-19-14(11)21(12)13-9(16)6-8(18)7-10(13)17/h1-2,5-7H,3-4H2. The highest BCUT2D eigenvalue weighted by atomic mass is 35.5. The van der Waals surface area contributed by atoms with Crippen molar-refractivity contribution in [3.05, 3.63) is 52.1 Å². The van der Waals surface area contributed by atoms with Gasteiger partial charge in [0.15, 0.2) is 5.65 Å². The molecule has 3 rings (SSSR count). The molecule has 0 aliphatic rings. The zero-order chi connectivity index (χ0) is 15.0. The predicted octanol–water partition coefficient (Wildman–Crippen LogP) is 4.65. The summed E-state index contributed by atoms with van der Waals surface area (Å²) in [6.07, 6.45) is 2.16. The number of aryl methyl sites for hydroxylation is 1. The summed E-state index contributed by atoms with van der Waals surface area (Å²) < 4.78 is 15.1. The lowest BCUT2D eigenvalue weighted by atomic mass is 10.3. The third kappa shape index (κ3) is 2.59. The number of fused-ring (bicyclic) bond motifs is 1. The maximum absolute atomic E-state index is 13.4. The Kier molecular flexibility index (Phi) is 4.02. The quantitative estimate of drug-likeness (QED) is 0.648. The molecule has 2 aromatic heterocycles. The van der Waals surface area contributed by atoms with Gasteiger partial charge in [-0.15, -0.1) is 11.6 Å². The SMILES string of the molecule is Fc1cc(Cl)c(-n2c(CCCl)nc3cccnc32)c(Cl)c1. The van der Waals surface area contributed by atoms with Crippen LogP contribution in [0.1, 0.15) is 5.82 Å². The molecule has 0 saturated heterocycles. The first kappa shape index (κ1) is 14.6. The number of hydrogen-bond donors (Lipinski definition) is 0. The second-order valence-corrected chi connectivity index (χ2v) is 5.56. The van der Waals surface area contributed by atoms with Crippen molar-refractivity contribution in [2.24, 2.45) is 0 Å². The van der Waals surface area contributed by atoms with Gasteiger partial charge in [0, 0.05) is 18.5 Å². The highest BCUT2D eigenvalue weighted by molar-refractivity contribution is 6.37. The van der Waals surface area contributed by atoms with Crippen LogP contribution in [0.25, 0.3) is 16.9 Å². The third-order valence-electron chi connectivity index (χ3n) is 3.01. The van der Waals surface area contributed by atoms with Crippen molar-refractivity contribution in [2.45, 2.75) is 6.42 Å². The number of alkyl halides is 1. The smallest absolute Gasteiger partial charge is 0.164 e. The van der Waals surface area contributed by atoms with E-state index >= 15 is 0 Å². The fourth-order valence-electron chi connectivity index (χ4n) is 2.19. The second kappa shape index (κ2) is 5.79. The second-order valence-electron chi connectivity index (χ2n) is 4.37. The molecule has 7 heteroatoms. The van der Waals surface area contributed by atoms with Crippen molar-refractivity contribution in [1.82, 2.24) is 14.5 Å². The van der Waals surface area contributed by atoms with Gasteiger partial charge in [-0.2, -0.15) is 0 Å². The van der Waals surface area contributed by atoms with Crippen LogP contribution in [0.5, 0.6) is 0 Å². The topological polar surface area (TPSA) is 30.7 Å². The Morgan fingerprint density at radius 3 is 2.57 bits per heavy atom. The molecular weight excluding hydrogens is 336 g/mol. The Morgan fingerprint density at radius 2 is 1.90 bits per heavy atom. The van der Waals surface area contributed by atoms with Gasteiger partial charge in [-0.05, 0) is 24.3 Å². The van der Waals surface area contributed by atoms with Gasteiger partial charge in [-0.3, -0.25) is 4.57 Å². The normalized spacial score (nSPS) is 11.2. The third-order valence-corrected chi connectivity index (χ3v) is 3.77. The van der Waals surface area contributed by atoms with E-state index in [0.29, 0.717) is 35.0 Å². The molecule has 0 unspecified atom stereocenters. The van der Waals surface area contributed by atoms with Crippen LogP contribution in [0.2, 0.25) is 10.0 Å². The van der Waals surface area contributed by atoms with Gasteiger partial charge < -0.3 is 0 Å². The average Bonchev–Trinajstić information content (AvgIpc) is 2.77. The zero-order valence-electron chi connectivity index (χ0n) is 10.7. The van der Waals surface area contributed by atoms with Crippen molar-refractivity contribution < 1.29 is 4.39 Å². The van der Waals surface area contributed by atoms with E-state index in [-0.39, 0.29) is 10.0 Å². The lowest BCUT2D eigenvalue weighted by molar-refractivity contribution is 0.627. The minimum absolute atomic E-state index is 0.195. The van der Waals surface area contributed by atoms with E-state index < -0.39 is 5.82 Å². The molecule has 0 N–H and O–H groups in total. The van der Waals surface area contributed by atoms with Crippen molar-refractivity contribution >= 4 is 46.0 Å². The van der Waals surface area contributed by atoms with Crippen LogP contribution in [0.15, 0.2) is 30.5 Å². The first-order valence-electron chi connectivity index (χ1n) is 6.15. The van der Waals surface area contributed by atoms with E-state index in [1.165, 1.54) is 12.1 Å². The molecule has 0 radical (unpaired) electrons. The average molecular weight is 345 g/mol. The van der Waals surface area contributed by atoms with Crippen LogP contribution >= 0.6 is 34.8 Å². The van der Waals surface area contributed by atoms with E-state index in [4.69, 9.17) is 34.8 Å².